The normalized spacial score (nSPS) is 12.1. The summed E-state index contributed by atoms with van der Waals surface area (Å²) in [6, 6.07) is 9.64. The lowest BCUT2D eigenvalue weighted by Gasteiger charge is -1.98. The van der Waals surface area contributed by atoms with Crippen molar-refractivity contribution in [1.29, 1.82) is 0 Å². The Bertz CT molecular complexity index is 340. The molecule has 0 aromatic heterocycles. The second-order valence-corrected chi connectivity index (χ2v) is 4.77. The zero-order valence-corrected chi connectivity index (χ0v) is 8.60. The Hall–Kier alpha value is -0.890. The molecule has 3 nitrogen and oxygen atoms in total. The monoisotopic (exact) mass is 212 g/mol. The third-order valence-corrected chi connectivity index (χ3v) is 2.54. The van der Waals surface area contributed by atoms with Crippen molar-refractivity contribution in [2.24, 2.45) is 0 Å². The van der Waals surface area contributed by atoms with Gasteiger partial charge in [0.2, 0.25) is 0 Å². The molecule has 0 spiro atoms. The molecule has 0 aliphatic rings. The van der Waals surface area contributed by atoms with E-state index in [1.807, 2.05) is 36.4 Å². The maximum absolute atomic E-state index is 10.5. The predicted molar refractivity (Wildman–Crippen MR) is 57.0 cm³/mol. The highest BCUT2D eigenvalue weighted by Gasteiger charge is 2.09. The van der Waals surface area contributed by atoms with E-state index in [-0.39, 0.29) is 6.16 Å². The Labute approximate surface area is 83.3 Å². The molecule has 0 saturated heterocycles. The largest absolute Gasteiger partial charge is 0.325 e. The van der Waals surface area contributed by atoms with Gasteiger partial charge in [-0.05, 0) is 12.0 Å². The van der Waals surface area contributed by atoms with Crippen LogP contribution in [0.25, 0.3) is 6.08 Å². The molecule has 0 saturated carbocycles. The number of hydrogen-bond acceptors (Lipinski definition) is 1. The number of rotatable bonds is 4. The van der Waals surface area contributed by atoms with Gasteiger partial charge in [0, 0.05) is 0 Å². The SMILES string of the molecule is O=P(O)(O)CCC=Cc1ccccc1. The first-order valence-electron chi connectivity index (χ1n) is 4.34. The second-order valence-electron chi connectivity index (χ2n) is 2.99. The Morgan fingerprint density at radius 3 is 2.43 bits per heavy atom. The van der Waals surface area contributed by atoms with E-state index in [0.717, 1.165) is 5.56 Å². The topological polar surface area (TPSA) is 57.5 Å². The fourth-order valence-corrected chi connectivity index (χ4v) is 1.51. The minimum atomic E-state index is -3.84. The van der Waals surface area contributed by atoms with Gasteiger partial charge in [0.15, 0.2) is 0 Å². The van der Waals surface area contributed by atoms with Crippen LogP contribution in [0.3, 0.4) is 0 Å². The van der Waals surface area contributed by atoms with Gasteiger partial charge in [0.1, 0.15) is 0 Å². The van der Waals surface area contributed by atoms with Crippen LogP contribution < -0.4 is 0 Å². The van der Waals surface area contributed by atoms with Gasteiger partial charge in [0.05, 0.1) is 6.16 Å². The van der Waals surface area contributed by atoms with Gasteiger partial charge in [-0.1, -0.05) is 42.5 Å². The Morgan fingerprint density at radius 2 is 1.86 bits per heavy atom. The molecule has 4 heteroatoms. The smallest absolute Gasteiger partial charge is 0.324 e. The Morgan fingerprint density at radius 1 is 1.21 bits per heavy atom. The van der Waals surface area contributed by atoms with Gasteiger partial charge in [-0.2, -0.15) is 0 Å². The van der Waals surface area contributed by atoms with Crippen molar-refractivity contribution in [2.75, 3.05) is 6.16 Å². The molecule has 1 aromatic rings. The van der Waals surface area contributed by atoms with Crippen molar-refractivity contribution in [3.8, 4) is 0 Å². The van der Waals surface area contributed by atoms with Crippen LogP contribution in [0.5, 0.6) is 0 Å². The lowest BCUT2D eigenvalue weighted by Crippen LogP contribution is -1.84. The molecule has 0 aliphatic carbocycles. The van der Waals surface area contributed by atoms with Crippen LogP contribution in [0.15, 0.2) is 36.4 Å². The molecule has 0 amide bonds. The fraction of sp³-hybridized carbons (Fsp3) is 0.200. The van der Waals surface area contributed by atoms with Gasteiger partial charge in [-0.25, -0.2) is 0 Å². The molecule has 1 aromatic carbocycles. The Kier molecular flexibility index (Phi) is 4.08. The number of benzene rings is 1. The number of allylic oxidation sites excluding steroid dienone is 1. The molecule has 0 aliphatic heterocycles. The molecule has 0 unspecified atom stereocenters. The standard InChI is InChI=1S/C10H13O3P/c11-14(12,13)9-5-4-8-10-6-2-1-3-7-10/h1-4,6-8H,5,9H2,(H2,11,12,13). The van der Waals surface area contributed by atoms with Gasteiger partial charge in [0.25, 0.3) is 0 Å². The quantitative estimate of drug-likeness (QED) is 0.752. The van der Waals surface area contributed by atoms with Crippen LogP contribution >= 0.6 is 7.60 Å². The maximum atomic E-state index is 10.5. The van der Waals surface area contributed by atoms with Crippen LogP contribution in [0.1, 0.15) is 12.0 Å². The fourth-order valence-electron chi connectivity index (χ4n) is 1.03. The van der Waals surface area contributed by atoms with E-state index in [1.165, 1.54) is 0 Å². The predicted octanol–water partition coefficient (Wildman–Crippen LogP) is 2.27. The first-order valence-corrected chi connectivity index (χ1v) is 6.14. The summed E-state index contributed by atoms with van der Waals surface area (Å²) in [6.45, 7) is 0. The van der Waals surface area contributed by atoms with Crippen molar-refractivity contribution < 1.29 is 14.4 Å². The molecule has 76 valence electrons. The van der Waals surface area contributed by atoms with Crippen molar-refractivity contribution >= 4 is 13.7 Å². The summed E-state index contributed by atoms with van der Waals surface area (Å²) >= 11 is 0. The zero-order chi connectivity index (χ0) is 10.4. The van der Waals surface area contributed by atoms with Crippen molar-refractivity contribution in [1.82, 2.24) is 0 Å². The molecule has 1 rings (SSSR count). The summed E-state index contributed by atoms with van der Waals surface area (Å²) in [5.41, 5.74) is 1.04. The van der Waals surface area contributed by atoms with Gasteiger partial charge >= 0.3 is 7.60 Å². The first kappa shape index (κ1) is 11.2. The summed E-state index contributed by atoms with van der Waals surface area (Å²) in [7, 11) is -3.84. The van der Waals surface area contributed by atoms with E-state index in [0.29, 0.717) is 6.42 Å². The summed E-state index contributed by atoms with van der Waals surface area (Å²) in [5.74, 6) is 0. The highest BCUT2D eigenvalue weighted by atomic mass is 31.2. The van der Waals surface area contributed by atoms with Crippen LogP contribution in [0, 0.1) is 0 Å². The lowest BCUT2D eigenvalue weighted by molar-refractivity contribution is 0.373. The minimum Gasteiger partial charge on any atom is -0.324 e. The molecule has 2 N–H and O–H groups in total. The molecule has 0 fully saturated rings. The van der Waals surface area contributed by atoms with Crippen LogP contribution in [0.2, 0.25) is 0 Å². The molecular formula is C10H13O3P. The van der Waals surface area contributed by atoms with Gasteiger partial charge in [-0.15, -0.1) is 0 Å². The van der Waals surface area contributed by atoms with E-state index in [4.69, 9.17) is 9.79 Å². The van der Waals surface area contributed by atoms with Crippen LogP contribution in [0.4, 0.5) is 0 Å². The molecule has 14 heavy (non-hydrogen) atoms. The minimum absolute atomic E-state index is 0.0870. The highest BCUT2D eigenvalue weighted by molar-refractivity contribution is 7.51. The first-order chi connectivity index (χ1) is 6.58. The third kappa shape index (κ3) is 4.97. The average molecular weight is 212 g/mol. The zero-order valence-electron chi connectivity index (χ0n) is 7.71. The van der Waals surface area contributed by atoms with Crippen LogP contribution in [-0.2, 0) is 4.57 Å². The molecular weight excluding hydrogens is 199 g/mol. The van der Waals surface area contributed by atoms with Gasteiger partial charge in [-0.3, -0.25) is 4.57 Å². The van der Waals surface area contributed by atoms with Crippen LogP contribution in [-0.4, -0.2) is 15.9 Å². The Balaban J connectivity index is 2.39. The summed E-state index contributed by atoms with van der Waals surface area (Å²) in [5, 5.41) is 0. The van der Waals surface area contributed by atoms with Crippen molar-refractivity contribution in [3.63, 3.8) is 0 Å². The highest BCUT2D eigenvalue weighted by Crippen LogP contribution is 2.34. The van der Waals surface area contributed by atoms with Crippen molar-refractivity contribution in [2.45, 2.75) is 6.42 Å². The lowest BCUT2D eigenvalue weighted by atomic mass is 10.2. The maximum Gasteiger partial charge on any atom is 0.325 e. The summed E-state index contributed by atoms with van der Waals surface area (Å²) < 4.78 is 10.5. The summed E-state index contributed by atoms with van der Waals surface area (Å²) in [6.07, 6.45) is 3.94. The van der Waals surface area contributed by atoms with E-state index in [2.05, 4.69) is 0 Å². The average Bonchev–Trinajstić information content (AvgIpc) is 2.13. The van der Waals surface area contributed by atoms with E-state index < -0.39 is 7.60 Å². The van der Waals surface area contributed by atoms with Gasteiger partial charge < -0.3 is 9.79 Å². The molecule has 0 radical (unpaired) electrons. The second kappa shape index (κ2) is 5.11. The van der Waals surface area contributed by atoms with E-state index in [1.54, 1.807) is 6.08 Å². The molecule has 0 heterocycles. The molecule has 0 bridgehead atoms. The molecule has 0 atom stereocenters. The van der Waals surface area contributed by atoms with E-state index in [9.17, 15) is 4.57 Å². The number of hydrogen-bond donors (Lipinski definition) is 2. The summed E-state index contributed by atoms with van der Waals surface area (Å²) in [4.78, 5) is 17.2. The van der Waals surface area contributed by atoms with Crippen molar-refractivity contribution in [3.05, 3.63) is 42.0 Å². The van der Waals surface area contributed by atoms with E-state index >= 15 is 0 Å². The third-order valence-electron chi connectivity index (χ3n) is 1.70.